The van der Waals surface area contributed by atoms with Gasteiger partial charge in [-0.15, -0.1) is 0 Å². The fourth-order valence-electron chi connectivity index (χ4n) is 3.03. The summed E-state index contributed by atoms with van der Waals surface area (Å²) in [4.78, 5) is 12.4. The molecule has 0 saturated heterocycles. The Labute approximate surface area is 134 Å². The second-order valence-corrected chi connectivity index (χ2v) is 6.22. The van der Waals surface area contributed by atoms with Crippen LogP contribution in [0.5, 0.6) is 0 Å². The standard InChI is InChI=1S/C21H26O/c1-5-18-11-12-19(17(4)14-18)16(3)10-13-21(22)20-9-7-6-8-15(20)2/h6-9,11-12,14,16H,5,10,13H2,1-4H3. The highest BCUT2D eigenvalue weighted by Gasteiger charge is 2.13. The van der Waals surface area contributed by atoms with Gasteiger partial charge >= 0.3 is 0 Å². The maximum Gasteiger partial charge on any atom is 0.163 e. The zero-order chi connectivity index (χ0) is 16.1. The van der Waals surface area contributed by atoms with E-state index in [1.54, 1.807) is 0 Å². The highest BCUT2D eigenvalue weighted by atomic mass is 16.1. The molecule has 2 aromatic rings. The van der Waals surface area contributed by atoms with Crippen LogP contribution >= 0.6 is 0 Å². The third kappa shape index (κ3) is 3.85. The first kappa shape index (κ1) is 16.5. The Balaban J connectivity index is 2.02. The SMILES string of the molecule is CCc1ccc(C(C)CCC(=O)c2ccccc2C)c(C)c1. The van der Waals surface area contributed by atoms with Crippen LogP contribution in [0.2, 0.25) is 0 Å². The van der Waals surface area contributed by atoms with Gasteiger partial charge in [0.1, 0.15) is 0 Å². The number of carbonyl (C=O) groups is 1. The van der Waals surface area contributed by atoms with Gasteiger partial charge in [0.25, 0.3) is 0 Å². The molecule has 1 nitrogen and oxygen atoms in total. The van der Waals surface area contributed by atoms with E-state index in [4.69, 9.17) is 0 Å². The summed E-state index contributed by atoms with van der Waals surface area (Å²) in [5.74, 6) is 0.673. The summed E-state index contributed by atoms with van der Waals surface area (Å²) in [5.41, 5.74) is 6.03. The lowest BCUT2D eigenvalue weighted by Gasteiger charge is -2.15. The largest absolute Gasteiger partial charge is 0.294 e. The van der Waals surface area contributed by atoms with Gasteiger partial charge in [-0.1, -0.05) is 56.3 Å². The molecule has 0 heterocycles. The molecule has 0 saturated carbocycles. The molecular weight excluding hydrogens is 268 g/mol. The molecule has 2 rings (SSSR count). The van der Waals surface area contributed by atoms with Crippen LogP contribution in [-0.4, -0.2) is 5.78 Å². The van der Waals surface area contributed by atoms with E-state index in [0.717, 1.165) is 24.0 Å². The first-order chi connectivity index (χ1) is 10.5. The highest BCUT2D eigenvalue weighted by Crippen LogP contribution is 2.26. The van der Waals surface area contributed by atoms with Gasteiger partial charge in [-0.05, 0) is 54.9 Å². The van der Waals surface area contributed by atoms with Crippen LogP contribution in [0.1, 0.15) is 65.2 Å². The molecule has 0 aliphatic heterocycles. The average molecular weight is 294 g/mol. The molecule has 0 aromatic heterocycles. The number of Topliss-reactive ketones (excluding diaryl/α,β-unsaturated/α-hetero) is 1. The topological polar surface area (TPSA) is 17.1 Å². The van der Waals surface area contributed by atoms with Gasteiger partial charge < -0.3 is 0 Å². The number of aryl methyl sites for hydroxylation is 3. The molecule has 2 aromatic carbocycles. The van der Waals surface area contributed by atoms with Gasteiger partial charge in [-0.25, -0.2) is 0 Å². The van der Waals surface area contributed by atoms with Gasteiger partial charge in [0, 0.05) is 12.0 Å². The van der Waals surface area contributed by atoms with Crippen molar-refractivity contribution in [3.63, 3.8) is 0 Å². The molecule has 22 heavy (non-hydrogen) atoms. The lowest BCUT2D eigenvalue weighted by Crippen LogP contribution is -2.05. The van der Waals surface area contributed by atoms with E-state index in [0.29, 0.717) is 12.3 Å². The Morgan fingerprint density at radius 1 is 1.05 bits per heavy atom. The maximum atomic E-state index is 12.4. The minimum Gasteiger partial charge on any atom is -0.294 e. The van der Waals surface area contributed by atoms with Crippen molar-refractivity contribution >= 4 is 5.78 Å². The van der Waals surface area contributed by atoms with Gasteiger partial charge in [0.05, 0.1) is 0 Å². The summed E-state index contributed by atoms with van der Waals surface area (Å²) in [6.45, 7) is 8.58. The third-order valence-electron chi connectivity index (χ3n) is 4.52. The number of carbonyl (C=O) groups excluding carboxylic acids is 1. The molecule has 1 unspecified atom stereocenters. The summed E-state index contributed by atoms with van der Waals surface area (Å²) in [7, 11) is 0. The summed E-state index contributed by atoms with van der Waals surface area (Å²) in [6, 6.07) is 14.6. The number of ketones is 1. The van der Waals surface area contributed by atoms with Crippen molar-refractivity contribution in [2.45, 2.75) is 52.9 Å². The normalized spacial score (nSPS) is 12.2. The minimum absolute atomic E-state index is 0.257. The van der Waals surface area contributed by atoms with Crippen LogP contribution in [0.25, 0.3) is 0 Å². The molecule has 116 valence electrons. The monoisotopic (exact) mass is 294 g/mol. The lowest BCUT2D eigenvalue weighted by molar-refractivity contribution is 0.0977. The van der Waals surface area contributed by atoms with E-state index < -0.39 is 0 Å². The Morgan fingerprint density at radius 3 is 2.41 bits per heavy atom. The van der Waals surface area contributed by atoms with E-state index in [9.17, 15) is 4.79 Å². The Morgan fingerprint density at radius 2 is 1.77 bits per heavy atom. The summed E-state index contributed by atoms with van der Waals surface area (Å²) >= 11 is 0. The third-order valence-corrected chi connectivity index (χ3v) is 4.52. The number of hydrogen-bond acceptors (Lipinski definition) is 1. The van der Waals surface area contributed by atoms with Crippen molar-refractivity contribution in [2.75, 3.05) is 0 Å². The smallest absolute Gasteiger partial charge is 0.163 e. The van der Waals surface area contributed by atoms with E-state index in [-0.39, 0.29) is 5.78 Å². The quantitative estimate of drug-likeness (QED) is 0.631. The number of rotatable bonds is 6. The second-order valence-electron chi connectivity index (χ2n) is 6.22. The molecule has 0 radical (unpaired) electrons. The summed E-state index contributed by atoms with van der Waals surface area (Å²) < 4.78 is 0. The molecule has 0 aliphatic rings. The molecule has 1 atom stereocenters. The van der Waals surface area contributed by atoms with Gasteiger partial charge in [0.2, 0.25) is 0 Å². The predicted molar refractivity (Wildman–Crippen MR) is 93.7 cm³/mol. The van der Waals surface area contributed by atoms with Crippen molar-refractivity contribution in [3.05, 3.63) is 70.3 Å². The fraction of sp³-hybridized carbons (Fsp3) is 0.381. The Bertz CT molecular complexity index is 655. The van der Waals surface area contributed by atoms with Crippen LogP contribution in [-0.2, 0) is 6.42 Å². The minimum atomic E-state index is 0.257. The molecule has 0 spiro atoms. The molecule has 0 fully saturated rings. The molecule has 0 bridgehead atoms. The van der Waals surface area contributed by atoms with E-state index in [2.05, 4.69) is 39.0 Å². The Kier molecular flexibility index (Phi) is 5.54. The van der Waals surface area contributed by atoms with Crippen molar-refractivity contribution < 1.29 is 4.79 Å². The molecule has 0 N–H and O–H groups in total. The Hall–Kier alpha value is -1.89. The fourth-order valence-corrected chi connectivity index (χ4v) is 3.03. The van der Waals surface area contributed by atoms with Crippen molar-refractivity contribution in [2.24, 2.45) is 0 Å². The van der Waals surface area contributed by atoms with E-state index >= 15 is 0 Å². The van der Waals surface area contributed by atoms with E-state index in [1.165, 1.54) is 16.7 Å². The zero-order valence-electron chi connectivity index (χ0n) is 14.1. The molecule has 1 heteroatoms. The molecule has 0 amide bonds. The maximum absolute atomic E-state index is 12.4. The number of benzene rings is 2. The first-order valence-electron chi connectivity index (χ1n) is 8.21. The van der Waals surface area contributed by atoms with Crippen LogP contribution in [0, 0.1) is 13.8 Å². The van der Waals surface area contributed by atoms with Gasteiger partial charge in [-0.2, -0.15) is 0 Å². The van der Waals surface area contributed by atoms with Crippen LogP contribution in [0.4, 0.5) is 0 Å². The molecule has 0 aliphatic carbocycles. The predicted octanol–water partition coefficient (Wildman–Crippen LogP) is 5.63. The first-order valence-corrected chi connectivity index (χ1v) is 8.21. The van der Waals surface area contributed by atoms with Gasteiger partial charge in [-0.3, -0.25) is 4.79 Å². The zero-order valence-corrected chi connectivity index (χ0v) is 14.1. The van der Waals surface area contributed by atoms with Crippen LogP contribution < -0.4 is 0 Å². The van der Waals surface area contributed by atoms with Crippen molar-refractivity contribution in [1.29, 1.82) is 0 Å². The second kappa shape index (κ2) is 7.40. The number of hydrogen-bond donors (Lipinski definition) is 0. The van der Waals surface area contributed by atoms with Crippen molar-refractivity contribution in [3.8, 4) is 0 Å². The van der Waals surface area contributed by atoms with Crippen LogP contribution in [0.3, 0.4) is 0 Å². The summed E-state index contributed by atoms with van der Waals surface area (Å²) in [6.07, 6.45) is 2.59. The van der Waals surface area contributed by atoms with Crippen LogP contribution in [0.15, 0.2) is 42.5 Å². The lowest BCUT2D eigenvalue weighted by atomic mass is 9.89. The van der Waals surface area contributed by atoms with Crippen molar-refractivity contribution in [1.82, 2.24) is 0 Å². The highest BCUT2D eigenvalue weighted by molar-refractivity contribution is 5.97. The van der Waals surface area contributed by atoms with E-state index in [1.807, 2.05) is 31.2 Å². The van der Waals surface area contributed by atoms with Gasteiger partial charge in [0.15, 0.2) is 5.78 Å². The molecular formula is C21H26O. The summed E-state index contributed by atoms with van der Waals surface area (Å²) in [5, 5.41) is 0. The average Bonchev–Trinajstić information content (AvgIpc) is 2.52.